The SMILES string of the molecule is COc1cc(C=C2C(=O)N(c3ccc(C)cc3)C(=S)N(c3ccc(C)cc3)C2=O)ccc1OCc1ccc([N+](=O)[O-])cc1. The molecule has 0 unspecified atom stereocenters. The third-order valence-corrected chi connectivity index (χ3v) is 7.24. The largest absolute Gasteiger partial charge is 0.493 e. The van der Waals surface area contributed by atoms with Gasteiger partial charge in [-0.15, -0.1) is 0 Å². The Morgan fingerprint density at radius 1 is 0.791 bits per heavy atom. The molecule has 4 aromatic carbocycles. The molecule has 0 radical (unpaired) electrons. The number of carbonyl (C=O) groups is 2. The van der Waals surface area contributed by atoms with E-state index in [0.717, 1.165) is 16.7 Å². The van der Waals surface area contributed by atoms with E-state index in [4.69, 9.17) is 21.7 Å². The van der Waals surface area contributed by atoms with E-state index in [-0.39, 0.29) is 23.0 Å². The molecule has 4 aromatic rings. The molecular weight excluding hydrogens is 566 g/mol. The Bertz CT molecular complexity index is 1680. The quantitative estimate of drug-likeness (QED) is 0.0751. The number of ether oxygens (including phenoxy) is 2. The van der Waals surface area contributed by atoms with Crippen molar-refractivity contribution in [1.82, 2.24) is 0 Å². The van der Waals surface area contributed by atoms with E-state index >= 15 is 0 Å². The van der Waals surface area contributed by atoms with Crippen LogP contribution in [0.2, 0.25) is 0 Å². The maximum atomic E-state index is 13.8. The molecule has 5 rings (SSSR count). The first-order valence-electron chi connectivity index (χ1n) is 13.3. The van der Waals surface area contributed by atoms with Crippen molar-refractivity contribution < 1.29 is 24.0 Å². The number of methoxy groups -OCH3 is 1. The summed E-state index contributed by atoms with van der Waals surface area (Å²) in [5.74, 6) is -0.277. The lowest BCUT2D eigenvalue weighted by Crippen LogP contribution is -2.56. The molecule has 9 nitrogen and oxygen atoms in total. The summed E-state index contributed by atoms with van der Waals surface area (Å²) in [6.07, 6.45) is 1.51. The number of non-ortho nitro benzene ring substituents is 1. The number of amides is 2. The number of benzene rings is 4. The van der Waals surface area contributed by atoms with E-state index < -0.39 is 16.7 Å². The Morgan fingerprint density at radius 2 is 1.33 bits per heavy atom. The molecule has 1 saturated heterocycles. The second-order valence-electron chi connectivity index (χ2n) is 9.92. The zero-order valence-electron chi connectivity index (χ0n) is 23.6. The van der Waals surface area contributed by atoms with Gasteiger partial charge in [-0.3, -0.25) is 29.5 Å². The lowest BCUT2D eigenvalue weighted by Gasteiger charge is -2.36. The third-order valence-electron chi connectivity index (χ3n) is 6.87. The van der Waals surface area contributed by atoms with Gasteiger partial charge in [0.1, 0.15) is 12.2 Å². The van der Waals surface area contributed by atoms with E-state index in [9.17, 15) is 19.7 Å². The van der Waals surface area contributed by atoms with Gasteiger partial charge in [-0.05, 0) is 91.8 Å². The van der Waals surface area contributed by atoms with Crippen LogP contribution in [0.15, 0.2) is 96.6 Å². The highest BCUT2D eigenvalue weighted by molar-refractivity contribution is 7.81. The Kier molecular flexibility index (Phi) is 8.31. The van der Waals surface area contributed by atoms with Crippen molar-refractivity contribution in [2.24, 2.45) is 0 Å². The molecule has 0 aromatic heterocycles. The van der Waals surface area contributed by atoms with Crippen LogP contribution < -0.4 is 19.3 Å². The van der Waals surface area contributed by atoms with Crippen molar-refractivity contribution in [2.75, 3.05) is 16.9 Å². The molecule has 0 aliphatic carbocycles. The molecule has 1 heterocycles. The van der Waals surface area contributed by atoms with Crippen molar-refractivity contribution in [3.8, 4) is 11.5 Å². The number of nitro benzene ring substituents is 1. The van der Waals surface area contributed by atoms with Crippen molar-refractivity contribution >= 4 is 52.3 Å². The van der Waals surface area contributed by atoms with Crippen LogP contribution in [-0.2, 0) is 16.2 Å². The number of nitrogens with zero attached hydrogens (tertiary/aromatic N) is 3. The summed E-state index contributed by atoms with van der Waals surface area (Å²) in [5, 5.41) is 11.0. The number of aryl methyl sites for hydroxylation is 2. The molecule has 0 saturated carbocycles. The van der Waals surface area contributed by atoms with Gasteiger partial charge in [-0.25, -0.2) is 0 Å². The summed E-state index contributed by atoms with van der Waals surface area (Å²) in [6, 6.07) is 25.8. The lowest BCUT2D eigenvalue weighted by atomic mass is 10.0. The van der Waals surface area contributed by atoms with Crippen LogP contribution in [0.5, 0.6) is 11.5 Å². The van der Waals surface area contributed by atoms with Gasteiger partial charge < -0.3 is 9.47 Å². The van der Waals surface area contributed by atoms with Crippen LogP contribution >= 0.6 is 12.2 Å². The summed E-state index contributed by atoms with van der Waals surface area (Å²) < 4.78 is 11.4. The maximum absolute atomic E-state index is 13.8. The summed E-state index contributed by atoms with van der Waals surface area (Å²) in [6.45, 7) is 4.04. The standard InChI is InChI=1S/C33H27N3O6S/c1-21-4-11-25(12-5-21)34-31(37)28(32(38)35(33(34)43)26-13-6-22(2)7-14-26)18-24-10-17-29(30(19-24)41-3)42-20-23-8-15-27(16-9-23)36(39)40/h4-19H,20H2,1-3H3. The average Bonchev–Trinajstić information content (AvgIpc) is 3.00. The molecule has 1 aliphatic rings. The predicted molar refractivity (Wildman–Crippen MR) is 168 cm³/mol. The van der Waals surface area contributed by atoms with E-state index in [1.165, 1.54) is 35.1 Å². The number of nitro groups is 1. The number of hydrogen-bond donors (Lipinski definition) is 0. The summed E-state index contributed by atoms with van der Waals surface area (Å²) in [5.41, 5.74) is 4.32. The third kappa shape index (κ3) is 6.14. The maximum Gasteiger partial charge on any atom is 0.270 e. The van der Waals surface area contributed by atoms with Gasteiger partial charge in [0, 0.05) is 12.1 Å². The highest BCUT2D eigenvalue weighted by Gasteiger charge is 2.41. The molecule has 1 fully saturated rings. The highest BCUT2D eigenvalue weighted by Crippen LogP contribution is 2.33. The van der Waals surface area contributed by atoms with Crippen LogP contribution in [0.4, 0.5) is 17.1 Å². The fourth-order valence-corrected chi connectivity index (χ4v) is 4.88. The van der Waals surface area contributed by atoms with Crippen molar-refractivity contribution in [2.45, 2.75) is 20.5 Å². The minimum absolute atomic E-state index is 0.00632. The second kappa shape index (κ2) is 12.3. The number of rotatable bonds is 8. The molecule has 0 bridgehead atoms. The monoisotopic (exact) mass is 593 g/mol. The van der Waals surface area contributed by atoms with Crippen molar-refractivity contribution in [3.63, 3.8) is 0 Å². The molecule has 2 amide bonds. The molecule has 0 N–H and O–H groups in total. The first-order valence-corrected chi connectivity index (χ1v) is 13.7. The topological polar surface area (TPSA) is 102 Å². The van der Waals surface area contributed by atoms with Gasteiger partial charge in [0.2, 0.25) is 0 Å². The molecule has 1 aliphatic heterocycles. The van der Waals surface area contributed by atoms with E-state index in [1.807, 2.05) is 38.1 Å². The Morgan fingerprint density at radius 3 is 1.81 bits per heavy atom. The van der Waals surface area contributed by atoms with Gasteiger partial charge in [0.25, 0.3) is 17.5 Å². The zero-order valence-corrected chi connectivity index (χ0v) is 24.5. The predicted octanol–water partition coefficient (Wildman–Crippen LogP) is 6.55. The van der Waals surface area contributed by atoms with Crippen LogP contribution in [0.25, 0.3) is 6.08 Å². The lowest BCUT2D eigenvalue weighted by molar-refractivity contribution is -0.384. The molecular formula is C33H27N3O6S. The van der Waals surface area contributed by atoms with Gasteiger partial charge in [0.05, 0.1) is 23.4 Å². The van der Waals surface area contributed by atoms with E-state index in [2.05, 4.69) is 0 Å². The molecule has 10 heteroatoms. The summed E-state index contributed by atoms with van der Waals surface area (Å²) in [4.78, 5) is 40.8. The minimum atomic E-state index is -0.542. The van der Waals surface area contributed by atoms with Gasteiger partial charge in [-0.2, -0.15) is 0 Å². The molecule has 0 atom stereocenters. The van der Waals surface area contributed by atoms with Crippen molar-refractivity contribution in [1.29, 1.82) is 0 Å². The minimum Gasteiger partial charge on any atom is -0.493 e. The summed E-state index contributed by atoms with van der Waals surface area (Å²) in [7, 11) is 1.48. The Hall–Kier alpha value is -5.35. The number of hydrogen-bond acceptors (Lipinski definition) is 7. The van der Waals surface area contributed by atoms with Crippen LogP contribution in [-0.4, -0.2) is 29.0 Å². The average molecular weight is 594 g/mol. The Balaban J connectivity index is 1.48. The fourth-order valence-electron chi connectivity index (χ4n) is 4.51. The number of anilines is 2. The van der Waals surface area contributed by atoms with Gasteiger partial charge in [0.15, 0.2) is 16.6 Å². The van der Waals surface area contributed by atoms with E-state index in [1.54, 1.807) is 54.6 Å². The van der Waals surface area contributed by atoms with Crippen LogP contribution in [0, 0.1) is 24.0 Å². The second-order valence-corrected chi connectivity index (χ2v) is 10.3. The van der Waals surface area contributed by atoms with E-state index in [0.29, 0.717) is 28.4 Å². The van der Waals surface area contributed by atoms with Gasteiger partial charge in [-0.1, -0.05) is 41.5 Å². The van der Waals surface area contributed by atoms with Crippen LogP contribution in [0.1, 0.15) is 22.3 Å². The molecule has 0 spiro atoms. The normalized spacial score (nSPS) is 13.3. The number of carbonyl (C=O) groups excluding carboxylic acids is 2. The first-order chi connectivity index (χ1) is 20.7. The molecule has 216 valence electrons. The Labute approximate surface area is 253 Å². The number of thiocarbonyl (C=S) groups is 1. The highest BCUT2D eigenvalue weighted by atomic mass is 32.1. The first kappa shape index (κ1) is 29.2. The smallest absolute Gasteiger partial charge is 0.270 e. The summed E-state index contributed by atoms with van der Waals surface area (Å²) >= 11 is 5.71. The fraction of sp³-hybridized carbons (Fsp3) is 0.121. The molecule has 43 heavy (non-hydrogen) atoms. The van der Waals surface area contributed by atoms with Crippen LogP contribution in [0.3, 0.4) is 0 Å². The zero-order chi connectivity index (χ0) is 30.7. The van der Waals surface area contributed by atoms with Crippen molar-refractivity contribution in [3.05, 3.63) is 129 Å². The van der Waals surface area contributed by atoms with Gasteiger partial charge >= 0.3 is 0 Å².